The second-order valence-electron chi connectivity index (χ2n) is 7.06. The van der Waals surface area contributed by atoms with Gasteiger partial charge in [0.05, 0.1) is 31.1 Å². The minimum absolute atomic E-state index is 0.179. The minimum Gasteiger partial charge on any atom is -0.375 e. The van der Waals surface area contributed by atoms with Crippen LogP contribution in [0.3, 0.4) is 0 Å². The van der Waals surface area contributed by atoms with Crippen molar-refractivity contribution in [3.63, 3.8) is 0 Å². The van der Waals surface area contributed by atoms with Gasteiger partial charge in [-0.05, 0) is 32.3 Å². The van der Waals surface area contributed by atoms with Crippen LogP contribution in [0.4, 0.5) is 5.95 Å². The maximum Gasteiger partial charge on any atom is 0.225 e. The molecule has 7 heteroatoms. The molecule has 2 saturated heterocycles. The molecule has 3 atom stereocenters. The summed E-state index contributed by atoms with van der Waals surface area (Å²) >= 11 is 0. The molecule has 0 radical (unpaired) electrons. The summed E-state index contributed by atoms with van der Waals surface area (Å²) < 4.78 is 11.7. The van der Waals surface area contributed by atoms with Crippen LogP contribution in [0, 0.1) is 0 Å². The summed E-state index contributed by atoms with van der Waals surface area (Å²) in [5.41, 5.74) is 0.823. The summed E-state index contributed by atoms with van der Waals surface area (Å²) in [6.45, 7) is 3.82. The molecule has 0 unspecified atom stereocenters. The van der Waals surface area contributed by atoms with E-state index in [1.807, 2.05) is 30.0 Å². The molecule has 3 heterocycles. The molecule has 3 rings (SSSR count). The summed E-state index contributed by atoms with van der Waals surface area (Å²) in [7, 11) is 3.81. The van der Waals surface area contributed by atoms with Crippen LogP contribution >= 0.6 is 0 Å². The zero-order chi connectivity index (χ0) is 17.8. The molecule has 2 aliphatic rings. The molecule has 138 valence electrons. The minimum atomic E-state index is -0.192. The van der Waals surface area contributed by atoms with Crippen molar-refractivity contribution >= 4 is 11.9 Å². The number of rotatable bonds is 5. The van der Waals surface area contributed by atoms with Crippen molar-refractivity contribution in [2.75, 3.05) is 38.7 Å². The van der Waals surface area contributed by atoms with Crippen LogP contribution in [0.5, 0.6) is 0 Å². The van der Waals surface area contributed by atoms with E-state index in [0.717, 1.165) is 25.0 Å². The Morgan fingerprint density at radius 1 is 1.40 bits per heavy atom. The molecule has 0 spiro atoms. The van der Waals surface area contributed by atoms with Crippen molar-refractivity contribution in [2.24, 2.45) is 0 Å². The largest absolute Gasteiger partial charge is 0.375 e. The van der Waals surface area contributed by atoms with Gasteiger partial charge in [-0.2, -0.15) is 0 Å². The third-order valence-corrected chi connectivity index (χ3v) is 4.81. The van der Waals surface area contributed by atoms with E-state index in [1.165, 1.54) is 0 Å². The Morgan fingerprint density at radius 2 is 2.24 bits per heavy atom. The van der Waals surface area contributed by atoms with Gasteiger partial charge < -0.3 is 19.3 Å². The number of carbonyl (C=O) groups is 1. The lowest BCUT2D eigenvalue weighted by Crippen LogP contribution is -2.42. The Balaban J connectivity index is 1.55. The molecule has 0 bridgehead atoms. The third kappa shape index (κ3) is 4.67. The topological polar surface area (TPSA) is 67.8 Å². The summed E-state index contributed by atoms with van der Waals surface area (Å²) in [6, 6.07) is 1.86. The number of morpholine rings is 1. The van der Waals surface area contributed by atoms with E-state index in [2.05, 4.69) is 16.9 Å². The van der Waals surface area contributed by atoms with Crippen LogP contribution in [0.1, 0.15) is 44.4 Å². The first-order chi connectivity index (χ1) is 12.0. The van der Waals surface area contributed by atoms with E-state index >= 15 is 0 Å². The fourth-order valence-corrected chi connectivity index (χ4v) is 3.35. The van der Waals surface area contributed by atoms with E-state index in [1.54, 1.807) is 6.20 Å². The quantitative estimate of drug-likeness (QED) is 0.808. The van der Waals surface area contributed by atoms with Crippen LogP contribution in [0.15, 0.2) is 12.3 Å². The number of anilines is 1. The first-order valence-corrected chi connectivity index (χ1v) is 9.08. The Bertz CT molecular complexity index is 595. The van der Waals surface area contributed by atoms with Crippen LogP contribution in [0.25, 0.3) is 0 Å². The van der Waals surface area contributed by atoms with Crippen LogP contribution in [-0.4, -0.2) is 66.8 Å². The molecule has 7 nitrogen and oxygen atoms in total. The molecule has 25 heavy (non-hydrogen) atoms. The van der Waals surface area contributed by atoms with Gasteiger partial charge in [-0.15, -0.1) is 0 Å². The van der Waals surface area contributed by atoms with Gasteiger partial charge in [0.15, 0.2) is 0 Å². The molecular weight excluding hydrogens is 320 g/mol. The van der Waals surface area contributed by atoms with Crippen molar-refractivity contribution in [1.29, 1.82) is 0 Å². The molecule has 2 fully saturated rings. The Morgan fingerprint density at radius 3 is 2.96 bits per heavy atom. The fraction of sp³-hybridized carbons (Fsp3) is 0.722. The summed E-state index contributed by atoms with van der Waals surface area (Å²) in [6.07, 6.45) is 5.62. The van der Waals surface area contributed by atoms with Crippen LogP contribution < -0.4 is 4.90 Å². The van der Waals surface area contributed by atoms with Crippen molar-refractivity contribution in [3.05, 3.63) is 18.0 Å². The summed E-state index contributed by atoms with van der Waals surface area (Å²) in [4.78, 5) is 25.1. The smallest absolute Gasteiger partial charge is 0.225 e. The van der Waals surface area contributed by atoms with Gasteiger partial charge in [-0.3, -0.25) is 4.79 Å². The third-order valence-electron chi connectivity index (χ3n) is 4.81. The van der Waals surface area contributed by atoms with Crippen molar-refractivity contribution < 1.29 is 14.3 Å². The lowest BCUT2D eigenvalue weighted by atomic mass is 10.1. The van der Waals surface area contributed by atoms with E-state index < -0.39 is 0 Å². The number of aromatic nitrogens is 2. The molecule has 0 saturated carbocycles. The van der Waals surface area contributed by atoms with E-state index in [0.29, 0.717) is 38.2 Å². The number of carbonyl (C=O) groups excluding carboxylic acids is 1. The molecule has 0 aromatic carbocycles. The SMILES string of the molecule is C[C@@H]1CC[C@@H](CCC(=O)N2CCO[C@H](c3ccnc(N(C)C)n3)C2)O1. The first-order valence-electron chi connectivity index (χ1n) is 9.08. The highest BCUT2D eigenvalue weighted by Gasteiger charge is 2.28. The second kappa shape index (κ2) is 8.10. The average molecular weight is 348 g/mol. The summed E-state index contributed by atoms with van der Waals surface area (Å²) in [5.74, 6) is 0.829. The number of amides is 1. The molecule has 1 aromatic heterocycles. The lowest BCUT2D eigenvalue weighted by molar-refractivity contribution is -0.139. The maximum atomic E-state index is 12.6. The molecule has 0 N–H and O–H groups in total. The number of ether oxygens (including phenoxy) is 2. The first kappa shape index (κ1) is 18.1. The van der Waals surface area contributed by atoms with Crippen LogP contribution in [-0.2, 0) is 14.3 Å². The van der Waals surface area contributed by atoms with Gasteiger partial charge in [0.25, 0.3) is 0 Å². The number of hydrogen-bond donors (Lipinski definition) is 0. The maximum absolute atomic E-state index is 12.6. The Labute approximate surface area is 149 Å². The highest BCUT2D eigenvalue weighted by Crippen LogP contribution is 2.25. The molecule has 2 aliphatic heterocycles. The zero-order valence-corrected chi connectivity index (χ0v) is 15.4. The fourth-order valence-electron chi connectivity index (χ4n) is 3.35. The number of nitrogens with zero attached hydrogens (tertiary/aromatic N) is 4. The van der Waals surface area contributed by atoms with E-state index in [4.69, 9.17) is 9.47 Å². The Kier molecular flexibility index (Phi) is 5.86. The van der Waals surface area contributed by atoms with Crippen molar-refractivity contribution in [3.8, 4) is 0 Å². The average Bonchev–Trinajstić information content (AvgIpc) is 3.05. The predicted molar refractivity (Wildman–Crippen MR) is 94.4 cm³/mol. The Hall–Kier alpha value is -1.73. The van der Waals surface area contributed by atoms with Gasteiger partial charge in [-0.1, -0.05) is 0 Å². The number of hydrogen-bond acceptors (Lipinski definition) is 6. The van der Waals surface area contributed by atoms with Crippen molar-refractivity contribution in [2.45, 2.75) is 50.9 Å². The predicted octanol–water partition coefficient (Wildman–Crippen LogP) is 1.79. The van der Waals surface area contributed by atoms with Crippen molar-refractivity contribution in [1.82, 2.24) is 14.9 Å². The van der Waals surface area contributed by atoms with Gasteiger partial charge in [0, 0.05) is 33.3 Å². The van der Waals surface area contributed by atoms with Gasteiger partial charge in [-0.25, -0.2) is 9.97 Å². The normalized spacial score (nSPS) is 26.7. The highest BCUT2D eigenvalue weighted by atomic mass is 16.5. The lowest BCUT2D eigenvalue weighted by Gasteiger charge is -2.33. The van der Waals surface area contributed by atoms with E-state index in [-0.39, 0.29) is 18.1 Å². The van der Waals surface area contributed by atoms with E-state index in [9.17, 15) is 4.79 Å². The standard InChI is InChI=1S/C18H28N4O3/c1-13-4-5-14(25-13)6-7-17(23)22-10-11-24-16(12-22)15-8-9-19-18(20-15)21(2)3/h8-9,13-14,16H,4-7,10-12H2,1-3H3/t13-,14+,16+/m1/s1. The summed E-state index contributed by atoms with van der Waals surface area (Å²) in [5, 5.41) is 0. The molecule has 1 aromatic rings. The molecule has 0 aliphatic carbocycles. The monoisotopic (exact) mass is 348 g/mol. The zero-order valence-electron chi connectivity index (χ0n) is 15.4. The molecule has 1 amide bonds. The van der Waals surface area contributed by atoms with Gasteiger partial charge >= 0.3 is 0 Å². The second-order valence-corrected chi connectivity index (χ2v) is 7.06. The van der Waals surface area contributed by atoms with Gasteiger partial charge in [0.1, 0.15) is 6.10 Å². The van der Waals surface area contributed by atoms with Gasteiger partial charge in [0.2, 0.25) is 11.9 Å². The molecular formula is C18H28N4O3. The highest BCUT2D eigenvalue weighted by molar-refractivity contribution is 5.76. The van der Waals surface area contributed by atoms with Crippen LogP contribution in [0.2, 0.25) is 0 Å².